The lowest BCUT2D eigenvalue weighted by molar-refractivity contribution is 0.00719. The number of rotatable bonds is 5. The standard InChI is InChI=1S/C22H32FNO4/c1-14(24-20(26)28-21(2,3)4)16-6-7-17(18(23)13-16)19(25)12-15-8-10-22(5,27)11-9-15/h6-7,13-15,27H,8-12H2,1-5H3,(H,24,26)/t14-,15?,22?/m0/s1. The van der Waals surface area contributed by atoms with Crippen molar-refractivity contribution in [2.45, 2.75) is 84.0 Å². The first-order valence-electron chi connectivity index (χ1n) is 9.91. The highest BCUT2D eigenvalue weighted by Gasteiger charge is 2.30. The minimum atomic E-state index is -0.649. The van der Waals surface area contributed by atoms with Gasteiger partial charge >= 0.3 is 6.09 Å². The zero-order valence-electron chi connectivity index (χ0n) is 17.5. The molecule has 1 aromatic carbocycles. The van der Waals surface area contributed by atoms with Crippen molar-refractivity contribution in [2.24, 2.45) is 5.92 Å². The normalized spacial score (nSPS) is 23.8. The van der Waals surface area contributed by atoms with Crippen LogP contribution < -0.4 is 5.32 Å². The summed E-state index contributed by atoms with van der Waals surface area (Å²) >= 11 is 0. The highest BCUT2D eigenvalue weighted by atomic mass is 19.1. The van der Waals surface area contributed by atoms with E-state index >= 15 is 0 Å². The Morgan fingerprint density at radius 1 is 1.32 bits per heavy atom. The summed E-state index contributed by atoms with van der Waals surface area (Å²) < 4.78 is 19.7. The van der Waals surface area contributed by atoms with E-state index < -0.39 is 29.2 Å². The van der Waals surface area contributed by atoms with Gasteiger partial charge in [0, 0.05) is 6.42 Å². The molecule has 1 saturated carbocycles. The fourth-order valence-corrected chi connectivity index (χ4v) is 3.47. The van der Waals surface area contributed by atoms with Crippen LogP contribution in [0.2, 0.25) is 0 Å². The Bertz CT molecular complexity index is 714. The summed E-state index contributed by atoms with van der Waals surface area (Å²) in [5, 5.41) is 12.7. The molecule has 0 bridgehead atoms. The number of ketones is 1. The van der Waals surface area contributed by atoms with Gasteiger partial charge in [-0.2, -0.15) is 0 Å². The molecule has 1 aliphatic rings. The first-order chi connectivity index (χ1) is 12.9. The molecule has 2 N–H and O–H groups in total. The van der Waals surface area contributed by atoms with Crippen LogP contribution in [0.5, 0.6) is 0 Å². The molecule has 1 fully saturated rings. The minimum Gasteiger partial charge on any atom is -0.444 e. The molecule has 0 aliphatic heterocycles. The number of halogens is 1. The van der Waals surface area contributed by atoms with E-state index in [-0.39, 0.29) is 23.7 Å². The lowest BCUT2D eigenvalue weighted by atomic mass is 9.77. The molecule has 1 aromatic rings. The highest BCUT2D eigenvalue weighted by molar-refractivity contribution is 5.96. The van der Waals surface area contributed by atoms with Crippen LogP contribution in [0.15, 0.2) is 18.2 Å². The van der Waals surface area contributed by atoms with E-state index in [4.69, 9.17) is 4.74 Å². The monoisotopic (exact) mass is 393 g/mol. The quantitative estimate of drug-likeness (QED) is 0.696. The summed E-state index contributed by atoms with van der Waals surface area (Å²) in [5.74, 6) is -0.619. The van der Waals surface area contributed by atoms with Crippen molar-refractivity contribution in [1.82, 2.24) is 5.32 Å². The van der Waals surface area contributed by atoms with Gasteiger partial charge in [-0.3, -0.25) is 4.79 Å². The van der Waals surface area contributed by atoms with E-state index in [9.17, 15) is 19.1 Å². The van der Waals surface area contributed by atoms with Crippen LogP contribution in [0.25, 0.3) is 0 Å². The SMILES string of the molecule is C[C@H](NC(=O)OC(C)(C)C)c1ccc(C(=O)CC2CCC(C)(O)CC2)c(F)c1. The maximum atomic E-state index is 14.5. The highest BCUT2D eigenvalue weighted by Crippen LogP contribution is 2.34. The summed E-state index contributed by atoms with van der Waals surface area (Å²) in [6.45, 7) is 8.85. The predicted octanol–water partition coefficient (Wildman–Crippen LogP) is 4.93. The molecule has 6 heteroatoms. The van der Waals surface area contributed by atoms with Gasteiger partial charge in [0.25, 0.3) is 0 Å². The third-order valence-corrected chi connectivity index (χ3v) is 5.18. The molecule has 0 saturated heterocycles. The van der Waals surface area contributed by atoms with Gasteiger partial charge in [-0.25, -0.2) is 9.18 Å². The zero-order chi connectivity index (χ0) is 21.1. The van der Waals surface area contributed by atoms with Crippen molar-refractivity contribution in [3.63, 3.8) is 0 Å². The van der Waals surface area contributed by atoms with E-state index in [0.717, 1.165) is 12.8 Å². The number of aliphatic hydroxyl groups is 1. The number of alkyl carbamates (subject to hydrolysis) is 1. The molecule has 5 nitrogen and oxygen atoms in total. The number of hydrogen-bond donors (Lipinski definition) is 2. The van der Waals surface area contributed by atoms with Crippen LogP contribution >= 0.6 is 0 Å². The average molecular weight is 393 g/mol. The van der Waals surface area contributed by atoms with Crippen LogP contribution in [-0.2, 0) is 4.74 Å². The molecule has 0 spiro atoms. The summed E-state index contributed by atoms with van der Waals surface area (Å²) in [6.07, 6.45) is 2.59. The van der Waals surface area contributed by atoms with Crippen molar-refractivity contribution in [3.8, 4) is 0 Å². The molecular formula is C22H32FNO4. The van der Waals surface area contributed by atoms with Gasteiger partial charge in [0.05, 0.1) is 17.2 Å². The second-order valence-corrected chi connectivity index (χ2v) is 9.17. The molecule has 1 amide bonds. The van der Waals surface area contributed by atoms with Gasteiger partial charge in [-0.1, -0.05) is 6.07 Å². The number of carbonyl (C=O) groups excluding carboxylic acids is 2. The van der Waals surface area contributed by atoms with Crippen LogP contribution in [0.1, 0.15) is 88.7 Å². The summed E-state index contributed by atoms with van der Waals surface area (Å²) in [6, 6.07) is 3.98. The molecule has 0 unspecified atom stereocenters. The number of carbonyl (C=O) groups is 2. The lowest BCUT2D eigenvalue weighted by Crippen LogP contribution is -2.34. The Morgan fingerprint density at radius 3 is 2.46 bits per heavy atom. The molecular weight excluding hydrogens is 361 g/mol. The number of benzene rings is 1. The first-order valence-corrected chi connectivity index (χ1v) is 9.91. The van der Waals surface area contributed by atoms with Gasteiger partial charge in [-0.05, 0) is 83.9 Å². The van der Waals surface area contributed by atoms with Crippen molar-refractivity contribution >= 4 is 11.9 Å². The second-order valence-electron chi connectivity index (χ2n) is 9.17. The minimum absolute atomic E-state index is 0.0746. The molecule has 0 heterocycles. The predicted molar refractivity (Wildman–Crippen MR) is 106 cm³/mol. The Kier molecular flexibility index (Phi) is 6.86. The Balaban J connectivity index is 1.97. The molecule has 28 heavy (non-hydrogen) atoms. The fraction of sp³-hybridized carbons (Fsp3) is 0.636. The topological polar surface area (TPSA) is 75.6 Å². The van der Waals surface area contributed by atoms with Gasteiger partial charge in [0.1, 0.15) is 11.4 Å². The average Bonchev–Trinajstić information content (AvgIpc) is 2.54. The third-order valence-electron chi connectivity index (χ3n) is 5.18. The second kappa shape index (κ2) is 8.60. The zero-order valence-corrected chi connectivity index (χ0v) is 17.5. The van der Waals surface area contributed by atoms with E-state index in [1.165, 1.54) is 12.1 Å². The van der Waals surface area contributed by atoms with Crippen molar-refractivity contribution < 1.29 is 23.8 Å². The molecule has 1 atom stereocenters. The third kappa shape index (κ3) is 6.59. The van der Waals surface area contributed by atoms with Crippen LogP contribution in [-0.4, -0.2) is 28.2 Å². The van der Waals surface area contributed by atoms with Gasteiger partial charge < -0.3 is 15.2 Å². The van der Waals surface area contributed by atoms with E-state index in [1.807, 2.05) is 6.92 Å². The maximum absolute atomic E-state index is 14.5. The van der Waals surface area contributed by atoms with Crippen LogP contribution in [0, 0.1) is 11.7 Å². The molecule has 0 aromatic heterocycles. The number of amides is 1. The lowest BCUT2D eigenvalue weighted by Gasteiger charge is -2.32. The van der Waals surface area contributed by atoms with Gasteiger partial charge in [0.15, 0.2) is 5.78 Å². The number of hydrogen-bond acceptors (Lipinski definition) is 4. The number of ether oxygens (including phenoxy) is 1. The Hall–Kier alpha value is -1.95. The largest absolute Gasteiger partial charge is 0.444 e. The molecule has 156 valence electrons. The van der Waals surface area contributed by atoms with E-state index in [2.05, 4.69) is 5.32 Å². The van der Waals surface area contributed by atoms with E-state index in [0.29, 0.717) is 18.4 Å². The van der Waals surface area contributed by atoms with Gasteiger partial charge in [-0.15, -0.1) is 0 Å². The van der Waals surface area contributed by atoms with Crippen LogP contribution in [0.4, 0.5) is 9.18 Å². The number of nitrogens with one attached hydrogen (secondary N) is 1. The maximum Gasteiger partial charge on any atom is 0.408 e. The molecule has 2 rings (SSSR count). The van der Waals surface area contributed by atoms with Crippen LogP contribution in [0.3, 0.4) is 0 Å². The van der Waals surface area contributed by atoms with Crippen molar-refractivity contribution in [2.75, 3.05) is 0 Å². The summed E-state index contributed by atoms with van der Waals surface area (Å²) in [7, 11) is 0. The van der Waals surface area contributed by atoms with Crippen molar-refractivity contribution in [1.29, 1.82) is 0 Å². The van der Waals surface area contributed by atoms with Gasteiger partial charge in [0.2, 0.25) is 0 Å². The fourth-order valence-electron chi connectivity index (χ4n) is 3.47. The first kappa shape index (κ1) is 22.3. The summed E-state index contributed by atoms with van der Waals surface area (Å²) in [5.41, 5.74) is -0.624. The smallest absolute Gasteiger partial charge is 0.408 e. The Labute approximate surface area is 166 Å². The Morgan fingerprint density at radius 2 is 1.93 bits per heavy atom. The molecule has 1 aliphatic carbocycles. The number of Topliss-reactive ketones (excluding diaryl/α,β-unsaturated/α-hetero) is 1. The molecule has 0 radical (unpaired) electrons. The summed E-state index contributed by atoms with van der Waals surface area (Å²) in [4.78, 5) is 24.4. The van der Waals surface area contributed by atoms with E-state index in [1.54, 1.807) is 33.8 Å². The van der Waals surface area contributed by atoms with Crippen molar-refractivity contribution in [3.05, 3.63) is 35.1 Å².